The molecule has 1 aliphatic carbocycles. The molecule has 4 aliphatic rings. The molecule has 41 heavy (non-hydrogen) atoms. The number of azo groups is 1. The van der Waals surface area contributed by atoms with E-state index < -0.39 is 17.4 Å². The normalized spacial score (nSPS) is 27.7. The van der Waals surface area contributed by atoms with Crippen LogP contribution in [0.15, 0.2) is 57.7 Å². The maximum atomic E-state index is 14.4. The van der Waals surface area contributed by atoms with Crippen molar-refractivity contribution in [2.45, 2.75) is 68.4 Å². The van der Waals surface area contributed by atoms with E-state index in [2.05, 4.69) is 27.5 Å². The molecular weight excluding hydrogens is 531 g/mol. The molecule has 3 fully saturated rings. The molecule has 5 heterocycles. The number of piperazine rings is 1. The van der Waals surface area contributed by atoms with Crippen LogP contribution in [-0.2, 0) is 6.18 Å². The second-order valence-electron chi connectivity index (χ2n) is 12.4. The third kappa shape index (κ3) is 4.72. The first-order chi connectivity index (χ1) is 19.7. The topological polar surface area (TPSA) is 69.4 Å². The average molecular weight is 567 g/mol. The van der Waals surface area contributed by atoms with Crippen molar-refractivity contribution in [1.29, 1.82) is 0 Å². The molecule has 2 bridgehead atoms. The van der Waals surface area contributed by atoms with Gasteiger partial charge in [-0.05, 0) is 79.0 Å². The number of aromatic nitrogens is 2. The van der Waals surface area contributed by atoms with Crippen LogP contribution in [0.2, 0.25) is 0 Å². The average Bonchev–Trinajstić information content (AvgIpc) is 3.47. The number of fused-ring (bicyclic) bond motifs is 3. The minimum atomic E-state index is -4.59. The zero-order chi connectivity index (χ0) is 28.5. The predicted octanol–water partition coefficient (Wildman–Crippen LogP) is 4.60. The molecular formula is C30H35F3N7O+. The number of nitrogens with one attached hydrogen (secondary N) is 1. The van der Waals surface area contributed by atoms with E-state index in [1.807, 2.05) is 29.8 Å². The first kappa shape index (κ1) is 26.6. The van der Waals surface area contributed by atoms with Crippen LogP contribution in [0.25, 0.3) is 11.2 Å². The van der Waals surface area contributed by atoms with Gasteiger partial charge in [-0.3, -0.25) is 8.97 Å². The zero-order valence-electron chi connectivity index (χ0n) is 23.3. The molecule has 2 saturated heterocycles. The summed E-state index contributed by atoms with van der Waals surface area (Å²) in [7, 11) is 4.03. The van der Waals surface area contributed by atoms with E-state index in [0.29, 0.717) is 17.2 Å². The molecule has 1 aromatic carbocycles. The quantitative estimate of drug-likeness (QED) is 0.459. The molecule has 3 aromatic rings. The van der Waals surface area contributed by atoms with E-state index in [0.717, 1.165) is 44.3 Å². The number of hydrogen-bond donors (Lipinski definition) is 1. The fourth-order valence-corrected chi connectivity index (χ4v) is 7.47. The molecule has 11 heteroatoms. The van der Waals surface area contributed by atoms with Crippen LogP contribution in [-0.4, -0.2) is 70.2 Å². The lowest BCUT2D eigenvalue weighted by atomic mass is 9.71. The Labute approximate surface area is 236 Å². The van der Waals surface area contributed by atoms with Gasteiger partial charge in [0.2, 0.25) is 6.17 Å². The second kappa shape index (κ2) is 9.90. The van der Waals surface area contributed by atoms with Gasteiger partial charge in [0.15, 0.2) is 0 Å². The van der Waals surface area contributed by atoms with Gasteiger partial charge in [0.1, 0.15) is 0 Å². The van der Waals surface area contributed by atoms with Crippen molar-refractivity contribution < 1.29 is 17.7 Å². The number of alkyl halides is 3. The SMILES string of the molecule is CN1CC2CC(c3cc(C(F)(F)F)c4cn(-c5cccc([C@@H](C6CCC6)C6N=NC=[N+]6C)c5)c(=O)n4c3)CC(C1)N2. The Bertz CT molecular complexity index is 1580. The van der Waals surface area contributed by atoms with E-state index >= 15 is 0 Å². The summed E-state index contributed by atoms with van der Waals surface area (Å²) in [5.74, 6) is 0.484. The number of benzene rings is 1. The first-order valence-corrected chi connectivity index (χ1v) is 14.5. The molecule has 1 saturated carbocycles. The summed E-state index contributed by atoms with van der Waals surface area (Å²) < 4.78 is 47.9. The summed E-state index contributed by atoms with van der Waals surface area (Å²) in [6.45, 7) is 1.73. The molecule has 1 N–H and O–H groups in total. The highest BCUT2D eigenvalue weighted by Crippen LogP contribution is 2.43. The Morgan fingerprint density at radius 3 is 2.49 bits per heavy atom. The largest absolute Gasteiger partial charge is 0.418 e. The lowest BCUT2D eigenvalue weighted by Gasteiger charge is -2.44. The number of rotatable bonds is 5. The monoisotopic (exact) mass is 566 g/mol. The molecule has 3 aliphatic heterocycles. The maximum absolute atomic E-state index is 14.4. The van der Waals surface area contributed by atoms with Gasteiger partial charge in [0.05, 0.1) is 34.8 Å². The van der Waals surface area contributed by atoms with E-state index in [9.17, 15) is 18.0 Å². The molecule has 4 atom stereocenters. The number of pyridine rings is 1. The fourth-order valence-electron chi connectivity index (χ4n) is 7.47. The summed E-state index contributed by atoms with van der Waals surface area (Å²) in [6.07, 6.45) is 4.82. The van der Waals surface area contributed by atoms with Crippen LogP contribution < -0.4 is 11.0 Å². The fraction of sp³-hybridized carbons (Fsp3) is 0.533. The lowest BCUT2D eigenvalue weighted by Crippen LogP contribution is -2.58. The smallest absolute Gasteiger partial charge is 0.309 e. The Hall–Kier alpha value is -3.31. The summed E-state index contributed by atoms with van der Waals surface area (Å²) in [6, 6.07) is 9.35. The number of halogens is 3. The molecule has 0 radical (unpaired) electrons. The van der Waals surface area contributed by atoms with Gasteiger partial charge in [-0.25, -0.2) is 9.37 Å². The summed E-state index contributed by atoms with van der Waals surface area (Å²) in [5, 5.41) is 12.2. The first-order valence-electron chi connectivity index (χ1n) is 14.5. The second-order valence-corrected chi connectivity index (χ2v) is 12.4. The number of hydrogen-bond acceptors (Lipinski definition) is 5. The van der Waals surface area contributed by atoms with Crippen LogP contribution in [0.5, 0.6) is 0 Å². The van der Waals surface area contributed by atoms with Gasteiger partial charge in [0, 0.05) is 37.6 Å². The van der Waals surface area contributed by atoms with Crippen molar-refractivity contribution in [1.82, 2.24) is 19.2 Å². The molecule has 0 amide bonds. The predicted molar refractivity (Wildman–Crippen MR) is 149 cm³/mol. The van der Waals surface area contributed by atoms with Crippen LogP contribution in [0.1, 0.15) is 60.6 Å². The van der Waals surface area contributed by atoms with Gasteiger partial charge in [0.25, 0.3) is 0 Å². The molecule has 0 spiro atoms. The van der Waals surface area contributed by atoms with E-state index in [1.54, 1.807) is 18.6 Å². The van der Waals surface area contributed by atoms with E-state index in [-0.39, 0.29) is 35.6 Å². The van der Waals surface area contributed by atoms with Crippen molar-refractivity contribution in [3.05, 3.63) is 69.9 Å². The third-order valence-corrected chi connectivity index (χ3v) is 9.59. The molecule has 7 rings (SSSR count). The van der Waals surface area contributed by atoms with Gasteiger partial charge in [-0.1, -0.05) is 18.6 Å². The van der Waals surface area contributed by atoms with Gasteiger partial charge >= 0.3 is 18.2 Å². The number of likely N-dealkylation sites (N-methyl/N-ethyl adjacent to an activating group) is 2. The molecule has 216 valence electrons. The van der Waals surface area contributed by atoms with Crippen molar-refractivity contribution in [2.24, 2.45) is 16.1 Å². The Morgan fingerprint density at radius 2 is 1.85 bits per heavy atom. The highest BCUT2D eigenvalue weighted by Gasteiger charge is 2.41. The van der Waals surface area contributed by atoms with Crippen LogP contribution in [0.4, 0.5) is 13.2 Å². The van der Waals surface area contributed by atoms with Crippen LogP contribution in [0.3, 0.4) is 0 Å². The van der Waals surface area contributed by atoms with Gasteiger partial charge in [-0.15, -0.1) is 0 Å². The summed E-state index contributed by atoms with van der Waals surface area (Å²) in [5.41, 5.74) is 0.762. The van der Waals surface area contributed by atoms with Gasteiger partial charge in [-0.2, -0.15) is 13.2 Å². The van der Waals surface area contributed by atoms with Crippen LogP contribution >= 0.6 is 0 Å². The lowest BCUT2D eigenvalue weighted by molar-refractivity contribution is -0.533. The van der Waals surface area contributed by atoms with Crippen molar-refractivity contribution in [3.63, 3.8) is 0 Å². The number of imidazole rings is 1. The summed E-state index contributed by atoms with van der Waals surface area (Å²) >= 11 is 0. The van der Waals surface area contributed by atoms with Crippen LogP contribution in [0, 0.1) is 5.92 Å². The number of likely N-dealkylation sites (tertiary alicyclic amines) is 1. The Balaban J connectivity index is 1.30. The minimum Gasteiger partial charge on any atom is -0.309 e. The Morgan fingerprint density at radius 1 is 1.10 bits per heavy atom. The van der Waals surface area contributed by atoms with Gasteiger partial charge < -0.3 is 10.2 Å². The van der Waals surface area contributed by atoms with E-state index in [4.69, 9.17) is 0 Å². The molecule has 2 aromatic heterocycles. The number of piperidine rings is 1. The Kier molecular flexibility index (Phi) is 6.42. The van der Waals surface area contributed by atoms with Crippen molar-refractivity contribution in [3.8, 4) is 5.69 Å². The maximum Gasteiger partial charge on any atom is 0.418 e. The molecule has 8 nitrogen and oxygen atoms in total. The zero-order valence-corrected chi connectivity index (χ0v) is 23.3. The van der Waals surface area contributed by atoms with E-state index in [1.165, 1.54) is 27.7 Å². The van der Waals surface area contributed by atoms with Crippen molar-refractivity contribution >= 4 is 11.9 Å². The minimum absolute atomic E-state index is 0.0402. The highest BCUT2D eigenvalue weighted by molar-refractivity contribution is 5.58. The third-order valence-electron chi connectivity index (χ3n) is 9.59. The standard InChI is InChI=1S/C30H35F3N7O/c1-37-14-22-9-20(10-23(15-37)35-22)21-12-25(30(31,32)33)26-16-39(29(41)40(26)13-21)24-8-4-7-19(11-24)27(18-5-3-6-18)28-36-34-17-38(28)2/h4,7-8,11-13,16-18,20,22-23,27-28,35H,3,5-6,9-10,14-15H2,1-2H3/q+1/t20?,22?,23?,27-,28?/m1/s1. The highest BCUT2D eigenvalue weighted by atomic mass is 19.4. The summed E-state index contributed by atoms with van der Waals surface area (Å²) in [4.78, 5) is 16.0. The van der Waals surface area contributed by atoms with Crippen molar-refractivity contribution in [2.75, 3.05) is 27.2 Å². The number of nitrogens with zero attached hydrogens (tertiary/aromatic N) is 6. The molecule has 3 unspecified atom stereocenters.